The molecule has 1 amide bonds. The van der Waals surface area contributed by atoms with Crippen LogP contribution in [0.15, 0.2) is 36.8 Å². The van der Waals surface area contributed by atoms with Crippen LogP contribution in [0, 0.1) is 0 Å². The van der Waals surface area contributed by atoms with E-state index in [1.165, 1.54) is 0 Å². The molecule has 0 radical (unpaired) electrons. The number of hydrogen-bond donors (Lipinski definition) is 0. The number of aromatic nitrogens is 4. The molecule has 2 saturated heterocycles. The predicted octanol–water partition coefficient (Wildman–Crippen LogP) is 3.32. The van der Waals surface area contributed by atoms with Crippen LogP contribution in [0.2, 0.25) is 0 Å². The summed E-state index contributed by atoms with van der Waals surface area (Å²) in [4.78, 5) is 23.0. The van der Waals surface area contributed by atoms with E-state index in [0.717, 1.165) is 54.5 Å². The summed E-state index contributed by atoms with van der Waals surface area (Å²) in [6.07, 6.45) is 9.85. The van der Waals surface area contributed by atoms with Crippen LogP contribution < -0.4 is 4.90 Å². The molecule has 0 aromatic carbocycles. The molecule has 3 aromatic heterocycles. The number of rotatable bonds is 3. The van der Waals surface area contributed by atoms with Crippen molar-refractivity contribution in [1.82, 2.24) is 19.7 Å². The van der Waals surface area contributed by atoms with Crippen LogP contribution in [0.4, 0.5) is 5.82 Å². The number of hydrogen-bond acceptors (Lipinski definition) is 5. The smallest absolute Gasteiger partial charge is 0.228 e. The van der Waals surface area contributed by atoms with E-state index in [1.54, 1.807) is 17.3 Å². The van der Waals surface area contributed by atoms with Gasteiger partial charge in [-0.2, -0.15) is 5.10 Å². The second kappa shape index (κ2) is 6.74. The van der Waals surface area contributed by atoms with Gasteiger partial charge < -0.3 is 4.74 Å². The average molecular weight is 363 g/mol. The molecule has 5 heterocycles. The van der Waals surface area contributed by atoms with Gasteiger partial charge in [-0.1, -0.05) is 0 Å². The molecular weight excluding hydrogens is 342 g/mol. The number of pyridine rings is 2. The highest BCUT2D eigenvalue weighted by molar-refractivity contribution is 6.03. The Balaban J connectivity index is 1.66. The van der Waals surface area contributed by atoms with Crippen molar-refractivity contribution in [1.29, 1.82) is 0 Å². The SMILES string of the molecule is O=C1CCCN1c1nn(C2CCCCO2)c2cnc(-c3cccnc3)cc12. The van der Waals surface area contributed by atoms with E-state index in [2.05, 4.69) is 9.97 Å². The van der Waals surface area contributed by atoms with Gasteiger partial charge in [0.25, 0.3) is 0 Å². The van der Waals surface area contributed by atoms with Gasteiger partial charge in [0.15, 0.2) is 12.0 Å². The van der Waals surface area contributed by atoms with Crippen molar-refractivity contribution >= 4 is 22.6 Å². The fourth-order valence-corrected chi connectivity index (χ4v) is 3.90. The monoisotopic (exact) mass is 363 g/mol. The molecule has 7 nitrogen and oxygen atoms in total. The molecule has 7 heteroatoms. The number of ether oxygens (including phenoxy) is 1. The number of amides is 1. The Hall–Kier alpha value is -2.80. The molecule has 27 heavy (non-hydrogen) atoms. The molecule has 0 aliphatic carbocycles. The molecule has 1 unspecified atom stereocenters. The van der Waals surface area contributed by atoms with Gasteiger partial charge >= 0.3 is 0 Å². The number of nitrogens with zero attached hydrogens (tertiary/aromatic N) is 5. The lowest BCUT2D eigenvalue weighted by Gasteiger charge is -2.23. The second-order valence-electron chi connectivity index (χ2n) is 7.07. The van der Waals surface area contributed by atoms with Crippen LogP contribution in [-0.2, 0) is 9.53 Å². The van der Waals surface area contributed by atoms with Gasteiger partial charge in [0.2, 0.25) is 5.91 Å². The largest absolute Gasteiger partial charge is 0.356 e. The molecule has 5 rings (SSSR count). The van der Waals surface area contributed by atoms with Crippen LogP contribution >= 0.6 is 0 Å². The van der Waals surface area contributed by atoms with Crippen LogP contribution in [0.25, 0.3) is 22.2 Å². The van der Waals surface area contributed by atoms with Crippen LogP contribution in [-0.4, -0.2) is 38.8 Å². The summed E-state index contributed by atoms with van der Waals surface area (Å²) < 4.78 is 7.86. The predicted molar refractivity (Wildman–Crippen MR) is 101 cm³/mol. The topological polar surface area (TPSA) is 73.1 Å². The van der Waals surface area contributed by atoms with Gasteiger partial charge in [-0.15, -0.1) is 0 Å². The van der Waals surface area contributed by atoms with E-state index in [0.29, 0.717) is 18.8 Å². The third-order valence-electron chi connectivity index (χ3n) is 5.29. The minimum atomic E-state index is -0.0984. The van der Waals surface area contributed by atoms with E-state index in [4.69, 9.17) is 9.84 Å². The Morgan fingerprint density at radius 3 is 2.89 bits per heavy atom. The Kier molecular flexibility index (Phi) is 4.09. The Morgan fingerprint density at radius 2 is 2.15 bits per heavy atom. The van der Waals surface area contributed by atoms with Gasteiger partial charge in [-0.3, -0.25) is 19.7 Å². The van der Waals surface area contributed by atoms with Gasteiger partial charge in [0.05, 0.1) is 17.4 Å². The molecule has 0 bridgehead atoms. The average Bonchev–Trinajstić information content (AvgIpc) is 3.32. The summed E-state index contributed by atoms with van der Waals surface area (Å²) in [6, 6.07) is 5.89. The fraction of sp³-hybridized carbons (Fsp3) is 0.400. The Labute approximate surface area is 157 Å². The lowest BCUT2D eigenvalue weighted by atomic mass is 10.1. The lowest BCUT2D eigenvalue weighted by Crippen LogP contribution is -2.25. The Bertz CT molecular complexity index is 979. The molecule has 0 N–H and O–H groups in total. The molecule has 2 fully saturated rings. The summed E-state index contributed by atoms with van der Waals surface area (Å²) in [7, 11) is 0. The molecule has 138 valence electrons. The highest BCUT2D eigenvalue weighted by atomic mass is 16.5. The molecule has 2 aliphatic rings. The molecule has 1 atom stereocenters. The van der Waals surface area contributed by atoms with Crippen LogP contribution in [0.5, 0.6) is 0 Å². The summed E-state index contributed by atoms with van der Waals surface area (Å²) in [5.41, 5.74) is 2.68. The van der Waals surface area contributed by atoms with Crippen molar-refractivity contribution in [3.05, 3.63) is 36.8 Å². The quantitative estimate of drug-likeness (QED) is 0.714. The van der Waals surface area contributed by atoms with Gasteiger partial charge in [-0.05, 0) is 43.9 Å². The number of fused-ring (bicyclic) bond motifs is 1. The van der Waals surface area contributed by atoms with Gasteiger partial charge in [-0.25, -0.2) is 4.68 Å². The first-order valence-electron chi connectivity index (χ1n) is 9.52. The highest BCUT2D eigenvalue weighted by Gasteiger charge is 2.29. The van der Waals surface area contributed by atoms with Gasteiger partial charge in [0, 0.05) is 42.9 Å². The van der Waals surface area contributed by atoms with Crippen molar-refractivity contribution in [2.45, 2.75) is 38.3 Å². The van der Waals surface area contributed by atoms with Crippen LogP contribution in [0.3, 0.4) is 0 Å². The fourth-order valence-electron chi connectivity index (χ4n) is 3.90. The summed E-state index contributed by atoms with van der Waals surface area (Å²) in [5, 5.41) is 5.76. The maximum Gasteiger partial charge on any atom is 0.228 e. The third-order valence-corrected chi connectivity index (χ3v) is 5.29. The van der Waals surface area contributed by atoms with E-state index in [-0.39, 0.29) is 12.1 Å². The first-order chi connectivity index (χ1) is 13.3. The van der Waals surface area contributed by atoms with Crippen LogP contribution in [0.1, 0.15) is 38.3 Å². The van der Waals surface area contributed by atoms with Crippen molar-refractivity contribution in [3.63, 3.8) is 0 Å². The summed E-state index contributed by atoms with van der Waals surface area (Å²) in [5.74, 6) is 0.847. The highest BCUT2D eigenvalue weighted by Crippen LogP contribution is 2.35. The normalized spacial score (nSPS) is 20.5. The maximum atomic E-state index is 12.4. The number of carbonyl (C=O) groups excluding carboxylic acids is 1. The maximum absolute atomic E-state index is 12.4. The standard InChI is InChI=1S/C20H21N5O2/c26-18-6-4-9-24(18)20-15-11-16(14-5-3-8-21-12-14)22-13-17(15)25(23-20)19-7-1-2-10-27-19/h3,5,8,11-13,19H,1-2,4,6-7,9-10H2. The zero-order valence-electron chi connectivity index (χ0n) is 15.0. The molecule has 3 aromatic rings. The van der Waals surface area contributed by atoms with E-state index < -0.39 is 0 Å². The molecule has 0 spiro atoms. The minimum Gasteiger partial charge on any atom is -0.356 e. The first kappa shape index (κ1) is 16.4. The Morgan fingerprint density at radius 1 is 1.19 bits per heavy atom. The number of anilines is 1. The van der Waals surface area contributed by atoms with E-state index in [9.17, 15) is 4.79 Å². The molecular formula is C20H21N5O2. The van der Waals surface area contributed by atoms with Crippen molar-refractivity contribution in [3.8, 4) is 11.3 Å². The molecule has 2 aliphatic heterocycles. The summed E-state index contributed by atoms with van der Waals surface area (Å²) in [6.45, 7) is 1.45. The summed E-state index contributed by atoms with van der Waals surface area (Å²) >= 11 is 0. The van der Waals surface area contributed by atoms with Gasteiger partial charge in [0.1, 0.15) is 0 Å². The zero-order chi connectivity index (χ0) is 18.2. The van der Waals surface area contributed by atoms with E-state index in [1.807, 2.05) is 29.1 Å². The van der Waals surface area contributed by atoms with E-state index >= 15 is 0 Å². The lowest BCUT2D eigenvalue weighted by molar-refractivity contribution is -0.117. The van der Waals surface area contributed by atoms with Crippen molar-refractivity contribution in [2.75, 3.05) is 18.1 Å². The first-order valence-corrected chi connectivity index (χ1v) is 9.52. The van der Waals surface area contributed by atoms with Crippen molar-refractivity contribution in [2.24, 2.45) is 0 Å². The second-order valence-corrected chi connectivity index (χ2v) is 7.07. The minimum absolute atomic E-state index is 0.0984. The third kappa shape index (κ3) is 2.88. The molecule has 0 saturated carbocycles. The van der Waals surface area contributed by atoms with Crippen molar-refractivity contribution < 1.29 is 9.53 Å². The zero-order valence-corrected chi connectivity index (χ0v) is 15.0. The number of carbonyl (C=O) groups is 1.